The monoisotopic (exact) mass is 486 g/mol. The van der Waals surface area contributed by atoms with Crippen LogP contribution in [0.1, 0.15) is 43.5 Å². The first-order valence-corrected chi connectivity index (χ1v) is 12.0. The zero-order valence-electron chi connectivity index (χ0n) is 20.7. The summed E-state index contributed by atoms with van der Waals surface area (Å²) in [6.45, 7) is 7.13. The van der Waals surface area contributed by atoms with Crippen LogP contribution in [0, 0.1) is 5.92 Å². The first kappa shape index (κ1) is 25.0. The number of para-hydroxylation sites is 1. The molecule has 1 atom stereocenters. The fourth-order valence-corrected chi connectivity index (χ4v) is 4.18. The molecule has 4 rings (SSSR count). The van der Waals surface area contributed by atoms with E-state index in [2.05, 4.69) is 18.8 Å². The Hall–Kier alpha value is -4.13. The third kappa shape index (κ3) is 5.25. The van der Waals surface area contributed by atoms with Gasteiger partial charge in [-0.3, -0.25) is 14.6 Å². The van der Waals surface area contributed by atoms with Crippen LogP contribution in [0.15, 0.2) is 78.6 Å². The number of carbonyl (C=O) groups excluding carboxylic acids is 2. The number of likely N-dealkylation sites (tertiary alicyclic amines) is 1. The Labute approximate surface area is 211 Å². The maximum absolute atomic E-state index is 13.3. The van der Waals surface area contributed by atoms with Gasteiger partial charge in [0, 0.05) is 30.1 Å². The van der Waals surface area contributed by atoms with Gasteiger partial charge >= 0.3 is 0 Å². The lowest BCUT2D eigenvalue weighted by atomic mass is 9.94. The van der Waals surface area contributed by atoms with Crippen molar-refractivity contribution in [2.75, 3.05) is 13.2 Å². The Morgan fingerprint density at radius 2 is 1.78 bits per heavy atom. The van der Waals surface area contributed by atoms with Gasteiger partial charge in [-0.2, -0.15) is 0 Å². The second-order valence-electron chi connectivity index (χ2n) is 8.99. The van der Waals surface area contributed by atoms with E-state index < -0.39 is 17.7 Å². The zero-order valence-corrected chi connectivity index (χ0v) is 20.7. The molecule has 1 aliphatic rings. The minimum absolute atomic E-state index is 0.0203. The lowest BCUT2D eigenvalue weighted by Gasteiger charge is -2.26. The van der Waals surface area contributed by atoms with Crippen LogP contribution in [-0.4, -0.2) is 39.9 Å². The number of pyridine rings is 1. The molecule has 1 fully saturated rings. The zero-order chi connectivity index (χ0) is 25.7. The quantitative estimate of drug-likeness (QED) is 0.256. The Bertz CT molecular complexity index is 1250. The molecule has 1 unspecified atom stereocenters. The van der Waals surface area contributed by atoms with Crippen molar-refractivity contribution < 1.29 is 24.2 Å². The van der Waals surface area contributed by atoms with Gasteiger partial charge in [0.25, 0.3) is 11.7 Å². The molecule has 186 valence electrons. The van der Waals surface area contributed by atoms with Crippen molar-refractivity contribution in [1.82, 2.24) is 9.88 Å². The maximum Gasteiger partial charge on any atom is 0.295 e. The fourth-order valence-electron chi connectivity index (χ4n) is 4.18. The van der Waals surface area contributed by atoms with Crippen LogP contribution in [0.2, 0.25) is 0 Å². The highest BCUT2D eigenvalue weighted by atomic mass is 16.5. The molecule has 0 bridgehead atoms. The average Bonchev–Trinajstić information content (AvgIpc) is 3.13. The van der Waals surface area contributed by atoms with E-state index in [0.29, 0.717) is 41.8 Å². The van der Waals surface area contributed by atoms with Gasteiger partial charge in [0.05, 0.1) is 24.8 Å². The van der Waals surface area contributed by atoms with E-state index in [1.54, 1.807) is 48.8 Å². The molecular weight excluding hydrogens is 456 g/mol. The molecule has 36 heavy (non-hydrogen) atoms. The van der Waals surface area contributed by atoms with Crippen molar-refractivity contribution in [1.29, 1.82) is 0 Å². The van der Waals surface area contributed by atoms with Crippen LogP contribution in [0.4, 0.5) is 0 Å². The Balaban J connectivity index is 1.80. The largest absolute Gasteiger partial charge is 0.507 e. The molecule has 1 saturated heterocycles. The molecule has 1 aliphatic heterocycles. The van der Waals surface area contributed by atoms with E-state index in [1.165, 1.54) is 4.90 Å². The SMILES string of the molecule is CCOc1ccccc1C1/C(=C(\O)c2ccc(OCC(C)C)cc2)C(=O)C(=O)N1Cc1cccnc1. The van der Waals surface area contributed by atoms with Crippen molar-refractivity contribution in [3.8, 4) is 11.5 Å². The molecular formula is C29H30N2O5. The average molecular weight is 487 g/mol. The summed E-state index contributed by atoms with van der Waals surface area (Å²) in [5.41, 5.74) is 1.84. The predicted molar refractivity (Wildman–Crippen MR) is 136 cm³/mol. The second-order valence-corrected chi connectivity index (χ2v) is 8.99. The van der Waals surface area contributed by atoms with Crippen LogP contribution in [0.25, 0.3) is 5.76 Å². The van der Waals surface area contributed by atoms with Gasteiger partial charge in [-0.25, -0.2) is 0 Å². The first-order chi connectivity index (χ1) is 17.4. The van der Waals surface area contributed by atoms with Crippen molar-refractivity contribution in [2.24, 2.45) is 5.92 Å². The Morgan fingerprint density at radius 3 is 2.44 bits per heavy atom. The number of ether oxygens (including phenoxy) is 2. The molecule has 2 aromatic carbocycles. The van der Waals surface area contributed by atoms with E-state index >= 15 is 0 Å². The smallest absolute Gasteiger partial charge is 0.295 e. The van der Waals surface area contributed by atoms with Crippen LogP contribution in [0.3, 0.4) is 0 Å². The van der Waals surface area contributed by atoms with Crippen LogP contribution in [-0.2, 0) is 16.1 Å². The number of hydrogen-bond acceptors (Lipinski definition) is 6. The van der Waals surface area contributed by atoms with Gasteiger partial charge in [-0.05, 0) is 54.8 Å². The lowest BCUT2D eigenvalue weighted by Crippen LogP contribution is -2.29. The molecule has 7 heteroatoms. The molecule has 2 heterocycles. The molecule has 0 spiro atoms. The number of nitrogens with zero attached hydrogens (tertiary/aromatic N) is 2. The first-order valence-electron chi connectivity index (χ1n) is 12.0. The van der Waals surface area contributed by atoms with E-state index in [1.807, 2.05) is 31.2 Å². The van der Waals surface area contributed by atoms with Gasteiger partial charge in [0.1, 0.15) is 17.3 Å². The predicted octanol–water partition coefficient (Wildman–Crippen LogP) is 5.14. The minimum atomic E-state index is -0.829. The molecule has 3 aromatic rings. The molecule has 7 nitrogen and oxygen atoms in total. The number of aliphatic hydroxyl groups is 1. The summed E-state index contributed by atoms with van der Waals surface area (Å²) in [5, 5.41) is 11.3. The summed E-state index contributed by atoms with van der Waals surface area (Å²) in [5.74, 6) is -0.0867. The molecule has 0 aliphatic carbocycles. The normalized spacial score (nSPS) is 17.0. The summed E-state index contributed by atoms with van der Waals surface area (Å²) >= 11 is 0. The minimum Gasteiger partial charge on any atom is -0.507 e. The summed E-state index contributed by atoms with van der Waals surface area (Å²) in [6, 6.07) is 16.9. The van der Waals surface area contributed by atoms with Crippen LogP contribution >= 0.6 is 0 Å². The van der Waals surface area contributed by atoms with Crippen molar-refractivity contribution in [3.63, 3.8) is 0 Å². The third-order valence-corrected chi connectivity index (χ3v) is 5.84. The number of ketones is 1. The number of hydrogen-bond donors (Lipinski definition) is 1. The van der Waals surface area contributed by atoms with E-state index in [9.17, 15) is 14.7 Å². The van der Waals surface area contributed by atoms with Gasteiger partial charge in [-0.1, -0.05) is 38.1 Å². The molecule has 1 aromatic heterocycles. The number of aliphatic hydroxyl groups excluding tert-OH is 1. The number of carbonyl (C=O) groups is 2. The maximum atomic E-state index is 13.3. The lowest BCUT2D eigenvalue weighted by molar-refractivity contribution is -0.140. The molecule has 0 saturated carbocycles. The highest BCUT2D eigenvalue weighted by Gasteiger charge is 2.47. The summed E-state index contributed by atoms with van der Waals surface area (Å²) in [4.78, 5) is 32.2. The second kappa shape index (κ2) is 11.1. The third-order valence-electron chi connectivity index (χ3n) is 5.84. The molecule has 1 amide bonds. The number of aromatic nitrogens is 1. The van der Waals surface area contributed by atoms with Crippen molar-refractivity contribution in [3.05, 3.63) is 95.3 Å². The van der Waals surface area contributed by atoms with Crippen LogP contribution < -0.4 is 9.47 Å². The summed E-state index contributed by atoms with van der Waals surface area (Å²) in [6.07, 6.45) is 3.30. The van der Waals surface area contributed by atoms with E-state index in [4.69, 9.17) is 9.47 Å². The number of benzene rings is 2. The fraction of sp³-hybridized carbons (Fsp3) is 0.276. The van der Waals surface area contributed by atoms with Gasteiger partial charge in [0.2, 0.25) is 0 Å². The summed E-state index contributed by atoms with van der Waals surface area (Å²) < 4.78 is 11.6. The van der Waals surface area contributed by atoms with Gasteiger partial charge in [0.15, 0.2) is 0 Å². The standard InChI is InChI=1S/C29H30N2O5/c1-4-35-24-10-6-5-9-23(24)26-25(27(32)21-11-13-22(14-12-21)36-18-19(2)3)28(33)29(34)31(26)17-20-8-7-15-30-16-20/h5-16,19,26,32H,4,17-18H2,1-3H3/b27-25+. The van der Waals surface area contributed by atoms with Crippen LogP contribution in [0.5, 0.6) is 11.5 Å². The van der Waals surface area contributed by atoms with Crippen molar-refractivity contribution >= 4 is 17.4 Å². The highest BCUT2D eigenvalue weighted by Crippen LogP contribution is 2.43. The Morgan fingerprint density at radius 1 is 1.03 bits per heavy atom. The topological polar surface area (TPSA) is 89.0 Å². The highest BCUT2D eigenvalue weighted by molar-refractivity contribution is 6.46. The number of rotatable bonds is 9. The Kier molecular flexibility index (Phi) is 7.68. The van der Waals surface area contributed by atoms with Gasteiger partial charge in [-0.15, -0.1) is 0 Å². The van der Waals surface area contributed by atoms with Gasteiger partial charge < -0.3 is 19.5 Å². The number of Topliss-reactive ketones (excluding diaryl/α,β-unsaturated/α-hetero) is 1. The van der Waals surface area contributed by atoms with Crippen molar-refractivity contribution in [2.45, 2.75) is 33.4 Å². The van der Waals surface area contributed by atoms with E-state index in [0.717, 1.165) is 5.56 Å². The van der Waals surface area contributed by atoms with E-state index in [-0.39, 0.29) is 17.9 Å². The molecule has 0 radical (unpaired) electrons. The molecule has 1 N–H and O–H groups in total. The number of amides is 1. The summed E-state index contributed by atoms with van der Waals surface area (Å²) in [7, 11) is 0.